The highest BCUT2D eigenvalue weighted by atomic mass is 15.2. The number of hydrogen-bond donors (Lipinski definition) is 1. The van der Waals surface area contributed by atoms with Crippen LogP contribution in [0.1, 0.15) is 19.3 Å². The van der Waals surface area contributed by atoms with Crippen molar-refractivity contribution in [3.8, 4) is 0 Å². The molecule has 2 unspecified atom stereocenters. The quantitative estimate of drug-likeness (QED) is 0.754. The average Bonchev–Trinajstić information content (AvgIpc) is 2.91. The maximum atomic E-state index is 3.51. The molecular formula is C13H25N3. The maximum Gasteiger partial charge on any atom is 0.00256 e. The second kappa shape index (κ2) is 5.03. The minimum atomic E-state index is 0.965. The molecule has 3 fully saturated rings. The summed E-state index contributed by atoms with van der Waals surface area (Å²) in [5.74, 6) is 1.93. The van der Waals surface area contributed by atoms with Gasteiger partial charge in [-0.15, -0.1) is 0 Å². The minimum Gasteiger partial charge on any atom is -0.316 e. The third kappa shape index (κ3) is 2.41. The standard InChI is InChI=1S/C13H25N3/c1-2-5-15(4-1)6-3-7-16-10-12-8-14-9-13(12)11-16/h12-14H,1-11H2. The lowest BCUT2D eigenvalue weighted by Gasteiger charge is -2.19. The average molecular weight is 223 g/mol. The van der Waals surface area contributed by atoms with Gasteiger partial charge in [0, 0.05) is 13.1 Å². The molecule has 92 valence electrons. The zero-order valence-corrected chi connectivity index (χ0v) is 10.3. The topological polar surface area (TPSA) is 18.5 Å². The fraction of sp³-hybridized carbons (Fsp3) is 1.00. The van der Waals surface area contributed by atoms with E-state index in [2.05, 4.69) is 15.1 Å². The first kappa shape index (κ1) is 11.0. The molecule has 3 aliphatic rings. The van der Waals surface area contributed by atoms with Crippen LogP contribution < -0.4 is 5.32 Å². The van der Waals surface area contributed by atoms with Gasteiger partial charge in [-0.2, -0.15) is 0 Å². The molecule has 2 atom stereocenters. The van der Waals surface area contributed by atoms with Crippen LogP contribution in [0.4, 0.5) is 0 Å². The van der Waals surface area contributed by atoms with Crippen LogP contribution in [0.15, 0.2) is 0 Å². The molecule has 0 bridgehead atoms. The van der Waals surface area contributed by atoms with E-state index in [1.54, 1.807) is 0 Å². The van der Waals surface area contributed by atoms with Crippen molar-refractivity contribution >= 4 is 0 Å². The van der Waals surface area contributed by atoms with Crippen LogP contribution in [0.3, 0.4) is 0 Å². The third-order valence-corrected chi connectivity index (χ3v) is 4.61. The van der Waals surface area contributed by atoms with E-state index in [1.807, 2.05) is 0 Å². The Morgan fingerprint density at radius 1 is 0.875 bits per heavy atom. The fourth-order valence-corrected chi connectivity index (χ4v) is 3.66. The summed E-state index contributed by atoms with van der Waals surface area (Å²) in [6.07, 6.45) is 4.24. The Balaban J connectivity index is 1.33. The summed E-state index contributed by atoms with van der Waals surface area (Å²) in [5, 5.41) is 3.51. The van der Waals surface area contributed by atoms with E-state index in [9.17, 15) is 0 Å². The van der Waals surface area contributed by atoms with Gasteiger partial charge in [-0.1, -0.05) is 0 Å². The van der Waals surface area contributed by atoms with Crippen molar-refractivity contribution in [2.45, 2.75) is 19.3 Å². The normalized spacial score (nSPS) is 36.0. The van der Waals surface area contributed by atoms with Gasteiger partial charge in [0.05, 0.1) is 0 Å². The van der Waals surface area contributed by atoms with E-state index in [0.29, 0.717) is 0 Å². The number of likely N-dealkylation sites (tertiary alicyclic amines) is 2. The monoisotopic (exact) mass is 223 g/mol. The summed E-state index contributed by atoms with van der Waals surface area (Å²) < 4.78 is 0. The van der Waals surface area contributed by atoms with Crippen molar-refractivity contribution < 1.29 is 0 Å². The molecule has 3 rings (SSSR count). The highest BCUT2D eigenvalue weighted by Crippen LogP contribution is 2.26. The molecule has 0 saturated carbocycles. The molecule has 0 amide bonds. The number of rotatable bonds is 4. The number of nitrogens with zero attached hydrogens (tertiary/aromatic N) is 2. The second-order valence-electron chi connectivity index (χ2n) is 5.84. The Labute approximate surface area is 99.2 Å². The Hall–Kier alpha value is -0.120. The number of hydrogen-bond acceptors (Lipinski definition) is 3. The van der Waals surface area contributed by atoms with Gasteiger partial charge in [0.2, 0.25) is 0 Å². The Bertz CT molecular complexity index is 213. The van der Waals surface area contributed by atoms with Crippen molar-refractivity contribution in [1.29, 1.82) is 0 Å². The molecule has 0 spiro atoms. The van der Waals surface area contributed by atoms with E-state index in [4.69, 9.17) is 0 Å². The lowest BCUT2D eigenvalue weighted by molar-refractivity contribution is 0.269. The maximum absolute atomic E-state index is 3.51. The van der Waals surface area contributed by atoms with Crippen molar-refractivity contribution in [1.82, 2.24) is 15.1 Å². The van der Waals surface area contributed by atoms with Crippen LogP contribution in [0.2, 0.25) is 0 Å². The van der Waals surface area contributed by atoms with E-state index >= 15 is 0 Å². The van der Waals surface area contributed by atoms with Gasteiger partial charge in [0.1, 0.15) is 0 Å². The summed E-state index contributed by atoms with van der Waals surface area (Å²) in [5.41, 5.74) is 0. The minimum absolute atomic E-state index is 0.965. The smallest absolute Gasteiger partial charge is 0.00256 e. The van der Waals surface area contributed by atoms with Crippen molar-refractivity contribution in [2.75, 3.05) is 52.4 Å². The highest BCUT2D eigenvalue weighted by molar-refractivity contribution is 4.91. The molecule has 0 aliphatic carbocycles. The van der Waals surface area contributed by atoms with Gasteiger partial charge < -0.3 is 15.1 Å². The van der Waals surface area contributed by atoms with Crippen LogP contribution in [0, 0.1) is 11.8 Å². The summed E-state index contributed by atoms with van der Waals surface area (Å²) in [6.45, 7) is 10.6. The number of fused-ring (bicyclic) bond motifs is 1. The first-order valence-corrected chi connectivity index (χ1v) is 7.07. The fourth-order valence-electron chi connectivity index (χ4n) is 3.66. The van der Waals surface area contributed by atoms with Crippen molar-refractivity contribution in [3.63, 3.8) is 0 Å². The molecular weight excluding hydrogens is 198 g/mol. The summed E-state index contributed by atoms with van der Waals surface area (Å²) in [6, 6.07) is 0. The zero-order chi connectivity index (χ0) is 10.8. The van der Waals surface area contributed by atoms with Gasteiger partial charge in [-0.25, -0.2) is 0 Å². The Morgan fingerprint density at radius 3 is 2.19 bits per heavy atom. The van der Waals surface area contributed by atoms with Crippen LogP contribution in [-0.2, 0) is 0 Å². The van der Waals surface area contributed by atoms with Gasteiger partial charge >= 0.3 is 0 Å². The van der Waals surface area contributed by atoms with E-state index < -0.39 is 0 Å². The first-order valence-electron chi connectivity index (χ1n) is 7.07. The summed E-state index contributed by atoms with van der Waals surface area (Å²) in [7, 11) is 0. The molecule has 3 heteroatoms. The largest absolute Gasteiger partial charge is 0.316 e. The molecule has 0 radical (unpaired) electrons. The van der Waals surface area contributed by atoms with Gasteiger partial charge in [0.15, 0.2) is 0 Å². The molecule has 3 saturated heterocycles. The van der Waals surface area contributed by atoms with Crippen LogP contribution in [0.25, 0.3) is 0 Å². The lowest BCUT2D eigenvalue weighted by atomic mass is 10.0. The van der Waals surface area contributed by atoms with Crippen LogP contribution in [0.5, 0.6) is 0 Å². The molecule has 0 aromatic rings. The summed E-state index contributed by atoms with van der Waals surface area (Å²) in [4.78, 5) is 5.34. The summed E-state index contributed by atoms with van der Waals surface area (Å²) >= 11 is 0. The molecule has 3 aliphatic heterocycles. The molecule has 3 heterocycles. The lowest BCUT2D eigenvalue weighted by Crippen LogP contribution is -2.29. The SMILES string of the molecule is C1CCN(CCCN2CC3CNCC3C2)C1. The molecule has 1 N–H and O–H groups in total. The van der Waals surface area contributed by atoms with Gasteiger partial charge in [0.25, 0.3) is 0 Å². The van der Waals surface area contributed by atoms with E-state index in [1.165, 1.54) is 71.6 Å². The van der Waals surface area contributed by atoms with E-state index in [0.717, 1.165) is 11.8 Å². The highest BCUT2D eigenvalue weighted by Gasteiger charge is 2.35. The Kier molecular flexibility index (Phi) is 3.46. The molecule has 0 aromatic heterocycles. The second-order valence-corrected chi connectivity index (χ2v) is 5.84. The van der Waals surface area contributed by atoms with E-state index in [-0.39, 0.29) is 0 Å². The van der Waals surface area contributed by atoms with Crippen molar-refractivity contribution in [3.05, 3.63) is 0 Å². The zero-order valence-electron chi connectivity index (χ0n) is 10.3. The third-order valence-electron chi connectivity index (χ3n) is 4.61. The molecule has 0 aromatic carbocycles. The molecule has 16 heavy (non-hydrogen) atoms. The Morgan fingerprint density at radius 2 is 1.50 bits per heavy atom. The van der Waals surface area contributed by atoms with Gasteiger partial charge in [-0.3, -0.25) is 0 Å². The van der Waals surface area contributed by atoms with Crippen LogP contribution in [-0.4, -0.2) is 62.2 Å². The van der Waals surface area contributed by atoms with Crippen molar-refractivity contribution in [2.24, 2.45) is 11.8 Å². The number of nitrogens with one attached hydrogen (secondary N) is 1. The predicted molar refractivity (Wildman–Crippen MR) is 66.6 cm³/mol. The first-order chi connectivity index (χ1) is 7.92. The predicted octanol–water partition coefficient (Wildman–Crippen LogP) is 0.624. The molecule has 3 nitrogen and oxygen atoms in total. The van der Waals surface area contributed by atoms with Crippen LogP contribution >= 0.6 is 0 Å². The van der Waals surface area contributed by atoms with Gasteiger partial charge in [-0.05, 0) is 70.4 Å².